The van der Waals surface area contributed by atoms with Gasteiger partial charge in [0.15, 0.2) is 12.6 Å². The van der Waals surface area contributed by atoms with Gasteiger partial charge in [-0.15, -0.1) is 0 Å². The third kappa shape index (κ3) is 6.60. The first-order chi connectivity index (χ1) is 16.0. The Hall–Kier alpha value is -0.560. The Morgan fingerprint density at radius 2 is 1.38 bits per heavy atom. The maximum Gasteiger partial charge on any atom is 0.187 e. The highest BCUT2D eigenvalue weighted by Crippen LogP contribution is 2.33. The van der Waals surface area contributed by atoms with Gasteiger partial charge in [-0.05, 0) is 13.3 Å². The summed E-state index contributed by atoms with van der Waals surface area (Å²) >= 11 is 0. The third-order valence-electron chi connectivity index (χ3n) is 6.22. The number of aliphatic hydroxyl groups is 10. The van der Waals surface area contributed by atoms with Gasteiger partial charge in [-0.25, -0.2) is 0 Å². The van der Waals surface area contributed by atoms with Gasteiger partial charge in [-0.3, -0.25) is 0 Å². The number of hydrogen-bond donors (Lipinski definition) is 10. The maximum absolute atomic E-state index is 10.8. The van der Waals surface area contributed by atoms with Gasteiger partial charge in [-0.2, -0.15) is 0 Å². The van der Waals surface area contributed by atoms with Crippen LogP contribution < -0.4 is 0 Å². The fourth-order valence-electron chi connectivity index (χ4n) is 4.02. The average Bonchev–Trinajstić information content (AvgIpc) is 2.81. The highest BCUT2D eigenvalue weighted by atomic mass is 16.7. The minimum atomic E-state index is -1.74. The molecule has 0 saturated carbocycles. The van der Waals surface area contributed by atoms with E-state index >= 15 is 0 Å². The van der Waals surface area contributed by atoms with Gasteiger partial charge in [0, 0.05) is 12.5 Å². The highest BCUT2D eigenvalue weighted by molar-refractivity contribution is 4.93. The molecular weight excluding hydrogens is 464 g/mol. The summed E-state index contributed by atoms with van der Waals surface area (Å²) < 4.78 is 22.2. The van der Waals surface area contributed by atoms with Crippen LogP contribution in [0, 0.1) is 5.92 Å². The summed E-state index contributed by atoms with van der Waals surface area (Å²) in [6.45, 7) is 1.000. The van der Waals surface area contributed by atoms with Gasteiger partial charge in [0.1, 0.15) is 48.8 Å². The summed E-state index contributed by atoms with van der Waals surface area (Å²) in [6, 6.07) is 0. The van der Waals surface area contributed by atoms with Crippen LogP contribution in [0.2, 0.25) is 0 Å². The van der Waals surface area contributed by atoms with Crippen molar-refractivity contribution in [3.05, 3.63) is 0 Å². The molecular formula is C20H38O14. The van der Waals surface area contributed by atoms with Crippen molar-refractivity contribution in [1.29, 1.82) is 0 Å². The maximum atomic E-state index is 10.8. The number of ether oxygens (including phenoxy) is 4. The van der Waals surface area contributed by atoms with Gasteiger partial charge in [-0.1, -0.05) is 6.92 Å². The molecule has 2 aliphatic heterocycles. The van der Waals surface area contributed by atoms with Gasteiger partial charge in [0.25, 0.3) is 0 Å². The van der Waals surface area contributed by atoms with Gasteiger partial charge < -0.3 is 70.0 Å². The van der Waals surface area contributed by atoms with E-state index in [9.17, 15) is 46.0 Å². The lowest BCUT2D eigenvalue weighted by Gasteiger charge is -2.47. The Kier molecular flexibility index (Phi) is 11.4. The van der Waals surface area contributed by atoms with Crippen molar-refractivity contribution in [2.45, 2.75) is 100.0 Å². The largest absolute Gasteiger partial charge is 0.396 e. The first-order valence-electron chi connectivity index (χ1n) is 11.2. The molecule has 14 atom stereocenters. The quantitative estimate of drug-likeness (QED) is 0.127. The number of aliphatic hydroxyl groups excluding tert-OH is 10. The SMILES string of the molecule is CC(O)C(OC1OC(CO)C(OC2OC(CO)C(O)C(O)C2O)C(O)C1C)C(O)C(O)CCO. The molecule has 0 aromatic rings. The molecule has 14 heteroatoms. The summed E-state index contributed by atoms with van der Waals surface area (Å²) in [7, 11) is 0. The summed E-state index contributed by atoms with van der Waals surface area (Å²) in [5.41, 5.74) is 0. The molecule has 2 aliphatic rings. The van der Waals surface area contributed by atoms with Crippen molar-refractivity contribution < 1.29 is 70.0 Å². The van der Waals surface area contributed by atoms with Crippen LogP contribution in [0.5, 0.6) is 0 Å². The zero-order valence-electron chi connectivity index (χ0n) is 19.0. The smallest absolute Gasteiger partial charge is 0.187 e. The van der Waals surface area contributed by atoms with Crippen molar-refractivity contribution in [3.8, 4) is 0 Å². The Bertz CT molecular complexity index is 592. The van der Waals surface area contributed by atoms with Crippen LogP contribution in [0.3, 0.4) is 0 Å². The zero-order valence-corrected chi connectivity index (χ0v) is 19.0. The monoisotopic (exact) mass is 502 g/mol. The molecule has 0 aromatic carbocycles. The molecule has 0 aliphatic carbocycles. The van der Waals surface area contributed by atoms with E-state index < -0.39 is 105 Å². The summed E-state index contributed by atoms with van der Waals surface area (Å²) in [5.74, 6) is -0.888. The molecule has 10 N–H and O–H groups in total. The van der Waals surface area contributed by atoms with E-state index in [1.165, 1.54) is 13.8 Å². The second-order valence-electron chi connectivity index (χ2n) is 8.78. The van der Waals surface area contributed by atoms with Crippen molar-refractivity contribution >= 4 is 0 Å². The van der Waals surface area contributed by atoms with Crippen LogP contribution in [0.25, 0.3) is 0 Å². The molecule has 202 valence electrons. The predicted molar refractivity (Wildman–Crippen MR) is 110 cm³/mol. The molecule has 0 bridgehead atoms. The Morgan fingerprint density at radius 3 is 1.91 bits per heavy atom. The lowest BCUT2D eigenvalue weighted by molar-refractivity contribution is -0.360. The van der Waals surface area contributed by atoms with Crippen molar-refractivity contribution in [1.82, 2.24) is 0 Å². The lowest BCUT2D eigenvalue weighted by Crippen LogP contribution is -2.63. The van der Waals surface area contributed by atoms with Crippen LogP contribution in [0.4, 0.5) is 0 Å². The Balaban J connectivity index is 2.14. The minimum Gasteiger partial charge on any atom is -0.396 e. The second kappa shape index (κ2) is 13.1. The predicted octanol–water partition coefficient (Wildman–Crippen LogP) is -5.24. The van der Waals surface area contributed by atoms with E-state index in [4.69, 9.17) is 24.1 Å². The average molecular weight is 503 g/mol. The molecule has 2 heterocycles. The summed E-state index contributed by atoms with van der Waals surface area (Å²) in [6.07, 6.45) is -19.0. The second-order valence-corrected chi connectivity index (χ2v) is 8.78. The zero-order chi connectivity index (χ0) is 25.7. The molecule has 2 fully saturated rings. The molecule has 0 radical (unpaired) electrons. The van der Waals surface area contributed by atoms with Crippen LogP contribution in [0.15, 0.2) is 0 Å². The van der Waals surface area contributed by atoms with Crippen molar-refractivity contribution in [3.63, 3.8) is 0 Å². The normalized spacial score (nSPS) is 42.7. The van der Waals surface area contributed by atoms with Crippen LogP contribution in [-0.4, -0.2) is 151 Å². The first-order valence-corrected chi connectivity index (χ1v) is 11.2. The number of rotatable bonds is 11. The fraction of sp³-hybridized carbons (Fsp3) is 1.00. The topological polar surface area (TPSA) is 239 Å². The van der Waals surface area contributed by atoms with Gasteiger partial charge in [0.2, 0.25) is 0 Å². The van der Waals surface area contributed by atoms with E-state index in [0.29, 0.717) is 0 Å². The van der Waals surface area contributed by atoms with Crippen molar-refractivity contribution in [2.75, 3.05) is 19.8 Å². The van der Waals surface area contributed by atoms with E-state index in [-0.39, 0.29) is 6.42 Å². The first kappa shape index (κ1) is 29.7. The van der Waals surface area contributed by atoms with Gasteiger partial charge >= 0.3 is 0 Å². The Morgan fingerprint density at radius 1 is 0.794 bits per heavy atom. The van der Waals surface area contributed by atoms with E-state index in [1.807, 2.05) is 0 Å². The molecule has 0 amide bonds. The summed E-state index contributed by atoms with van der Waals surface area (Å²) in [4.78, 5) is 0. The standard InChI is InChI=1S/C20H38O14/c1-7-12(26)18(34-20-16(30)15(29)14(28)10(5-22)31-20)11(6-23)32-19(7)33-17(8(2)24)13(27)9(25)3-4-21/h7-30H,3-6H2,1-2H3. The fourth-order valence-corrected chi connectivity index (χ4v) is 4.02. The molecule has 2 saturated heterocycles. The van der Waals surface area contributed by atoms with Crippen LogP contribution >= 0.6 is 0 Å². The van der Waals surface area contributed by atoms with E-state index in [0.717, 1.165) is 0 Å². The number of hydrogen-bond acceptors (Lipinski definition) is 14. The van der Waals surface area contributed by atoms with E-state index in [1.54, 1.807) is 0 Å². The molecule has 14 unspecified atom stereocenters. The van der Waals surface area contributed by atoms with Crippen molar-refractivity contribution in [2.24, 2.45) is 5.92 Å². The summed E-state index contributed by atoms with van der Waals surface area (Å²) in [5, 5.41) is 99.3. The molecule has 34 heavy (non-hydrogen) atoms. The lowest BCUT2D eigenvalue weighted by atomic mass is 9.91. The van der Waals surface area contributed by atoms with Gasteiger partial charge in [0.05, 0.1) is 31.5 Å². The molecule has 0 aromatic heterocycles. The molecule has 2 rings (SSSR count). The molecule has 0 spiro atoms. The van der Waals surface area contributed by atoms with Crippen LogP contribution in [0.1, 0.15) is 20.3 Å². The Labute approximate surface area is 196 Å². The third-order valence-corrected chi connectivity index (χ3v) is 6.22. The van der Waals surface area contributed by atoms with E-state index in [2.05, 4.69) is 0 Å². The van der Waals surface area contributed by atoms with Crippen LogP contribution in [-0.2, 0) is 18.9 Å². The minimum absolute atomic E-state index is 0.175. The molecule has 14 nitrogen and oxygen atoms in total. The highest BCUT2D eigenvalue weighted by Gasteiger charge is 2.50.